The number of nitrogens with zero attached hydrogens (tertiary/aromatic N) is 2. The van der Waals surface area contributed by atoms with Crippen molar-refractivity contribution in [2.45, 2.75) is 64.9 Å². The van der Waals surface area contributed by atoms with E-state index in [1.54, 1.807) is 6.92 Å². The van der Waals surface area contributed by atoms with Gasteiger partial charge in [0.2, 0.25) is 0 Å². The highest BCUT2D eigenvalue weighted by atomic mass is 35.5. The Morgan fingerprint density at radius 3 is 2.43 bits per heavy atom. The first-order valence-electron chi connectivity index (χ1n) is 8.01. The molecule has 3 nitrogen and oxygen atoms in total. The minimum atomic E-state index is -0.460. The van der Waals surface area contributed by atoms with Crippen LogP contribution < -0.4 is 0 Å². The summed E-state index contributed by atoms with van der Waals surface area (Å²) < 4.78 is 2.27. The number of carbonyl (C=O) groups excluding carboxylic acids is 1. The van der Waals surface area contributed by atoms with Crippen molar-refractivity contribution in [3.05, 3.63) is 23.0 Å². The molecule has 0 N–H and O–H groups in total. The monoisotopic (exact) mass is 310 g/mol. The highest BCUT2D eigenvalue weighted by Gasteiger charge is 2.22. The molecule has 4 heteroatoms. The average Bonchev–Trinajstić information content (AvgIpc) is 2.75. The summed E-state index contributed by atoms with van der Waals surface area (Å²) in [5.74, 6) is 0.0293. The summed E-state index contributed by atoms with van der Waals surface area (Å²) in [5, 5.41) is -0.460. The maximum Gasteiger partial charge on any atom is 0.182 e. The first-order chi connectivity index (χ1) is 9.91. The van der Waals surface area contributed by atoms with Gasteiger partial charge in [-0.05, 0) is 59.7 Å². The van der Waals surface area contributed by atoms with Crippen molar-refractivity contribution in [3.8, 4) is 0 Å². The fraction of sp³-hybridized carbons (Fsp3) is 0.706. The van der Waals surface area contributed by atoms with Gasteiger partial charge in [0, 0.05) is 29.5 Å². The number of alkyl halides is 1. The van der Waals surface area contributed by atoms with Crippen LogP contribution in [0.25, 0.3) is 0 Å². The summed E-state index contributed by atoms with van der Waals surface area (Å²) in [4.78, 5) is 14.7. The summed E-state index contributed by atoms with van der Waals surface area (Å²) in [6, 6.07) is 2.49. The Morgan fingerprint density at radius 2 is 1.86 bits per heavy atom. The molecule has 1 saturated heterocycles. The first kappa shape index (κ1) is 16.6. The lowest BCUT2D eigenvalue weighted by molar-refractivity contribution is 0.0990. The number of ketones is 1. The highest BCUT2D eigenvalue weighted by Crippen LogP contribution is 2.21. The van der Waals surface area contributed by atoms with E-state index in [0.717, 1.165) is 23.5 Å². The molecule has 2 atom stereocenters. The molecule has 2 rings (SSSR count). The molecule has 0 aliphatic carbocycles. The van der Waals surface area contributed by atoms with Gasteiger partial charge in [0.05, 0.1) is 5.38 Å². The van der Waals surface area contributed by atoms with Crippen molar-refractivity contribution < 1.29 is 4.79 Å². The minimum absolute atomic E-state index is 0.0293. The fourth-order valence-corrected chi connectivity index (χ4v) is 3.40. The topological polar surface area (TPSA) is 25.2 Å². The van der Waals surface area contributed by atoms with Crippen molar-refractivity contribution in [3.63, 3.8) is 0 Å². The molecule has 0 saturated carbocycles. The number of carbonyl (C=O) groups is 1. The maximum absolute atomic E-state index is 12.2. The molecular weight excluding hydrogens is 284 g/mol. The Labute approximate surface area is 133 Å². The quantitative estimate of drug-likeness (QED) is 0.610. The van der Waals surface area contributed by atoms with Crippen LogP contribution in [0, 0.1) is 13.8 Å². The number of aromatic nitrogens is 1. The van der Waals surface area contributed by atoms with Crippen molar-refractivity contribution in [1.82, 2.24) is 9.47 Å². The lowest BCUT2D eigenvalue weighted by Gasteiger charge is -2.33. The van der Waals surface area contributed by atoms with Crippen molar-refractivity contribution in [1.29, 1.82) is 0 Å². The van der Waals surface area contributed by atoms with E-state index < -0.39 is 5.38 Å². The number of hydrogen-bond acceptors (Lipinski definition) is 2. The van der Waals surface area contributed by atoms with Crippen LogP contribution in [0.1, 0.15) is 54.9 Å². The molecule has 1 aliphatic rings. The third-order valence-electron chi connectivity index (χ3n) is 4.66. The fourth-order valence-electron chi connectivity index (χ4n) is 3.28. The van der Waals surface area contributed by atoms with Gasteiger partial charge in [-0.25, -0.2) is 0 Å². The summed E-state index contributed by atoms with van der Waals surface area (Å²) in [7, 11) is 0. The van der Waals surface area contributed by atoms with Crippen molar-refractivity contribution >= 4 is 17.4 Å². The summed E-state index contributed by atoms with van der Waals surface area (Å²) in [5.41, 5.74) is 2.98. The summed E-state index contributed by atoms with van der Waals surface area (Å²) in [6.07, 6.45) is 3.97. The number of hydrogen-bond donors (Lipinski definition) is 0. The Hall–Kier alpha value is -0.800. The van der Waals surface area contributed by atoms with Crippen LogP contribution >= 0.6 is 11.6 Å². The molecule has 118 valence electrons. The van der Waals surface area contributed by atoms with Crippen LogP contribution in [0.2, 0.25) is 0 Å². The smallest absolute Gasteiger partial charge is 0.182 e. The molecule has 0 radical (unpaired) electrons. The first-order valence-corrected chi connectivity index (χ1v) is 8.44. The van der Waals surface area contributed by atoms with E-state index >= 15 is 0 Å². The molecule has 0 bridgehead atoms. The van der Waals surface area contributed by atoms with Crippen LogP contribution in [0.15, 0.2) is 6.07 Å². The maximum atomic E-state index is 12.2. The lowest BCUT2D eigenvalue weighted by atomic mass is 10.1. The van der Waals surface area contributed by atoms with Gasteiger partial charge in [-0.1, -0.05) is 6.42 Å². The van der Waals surface area contributed by atoms with Crippen LogP contribution in [0.5, 0.6) is 0 Å². The molecule has 0 spiro atoms. The molecule has 2 unspecified atom stereocenters. The molecule has 0 amide bonds. The van der Waals surface area contributed by atoms with Gasteiger partial charge in [0.1, 0.15) is 0 Å². The Morgan fingerprint density at radius 1 is 1.24 bits per heavy atom. The molecule has 1 fully saturated rings. The Balaban J connectivity index is 2.14. The van der Waals surface area contributed by atoms with Crippen LogP contribution in [0.3, 0.4) is 0 Å². The second-order valence-corrected chi connectivity index (χ2v) is 6.98. The third-order valence-corrected chi connectivity index (χ3v) is 4.86. The van der Waals surface area contributed by atoms with Gasteiger partial charge in [0.25, 0.3) is 0 Å². The third kappa shape index (κ3) is 3.70. The van der Waals surface area contributed by atoms with Gasteiger partial charge in [0.15, 0.2) is 5.78 Å². The molecule has 21 heavy (non-hydrogen) atoms. The predicted molar refractivity (Wildman–Crippen MR) is 88.4 cm³/mol. The van der Waals surface area contributed by atoms with E-state index in [4.69, 9.17) is 11.6 Å². The molecule has 2 heterocycles. The van der Waals surface area contributed by atoms with Gasteiger partial charge in [-0.15, -0.1) is 11.6 Å². The number of likely N-dealkylation sites (tertiary alicyclic amines) is 1. The normalized spacial score (nSPS) is 19.5. The number of aryl methyl sites for hydroxylation is 1. The van der Waals surface area contributed by atoms with E-state index in [1.807, 2.05) is 13.0 Å². The van der Waals surface area contributed by atoms with Crippen LogP contribution in [0.4, 0.5) is 0 Å². The van der Waals surface area contributed by atoms with Gasteiger partial charge < -0.3 is 4.57 Å². The number of rotatable bonds is 5. The molecular formula is C17H27ClN2O. The lowest BCUT2D eigenvalue weighted by Crippen LogP contribution is -2.40. The zero-order valence-corrected chi connectivity index (χ0v) is 14.4. The summed E-state index contributed by atoms with van der Waals surface area (Å²) >= 11 is 5.96. The van der Waals surface area contributed by atoms with Gasteiger partial charge in [-0.2, -0.15) is 0 Å². The molecule has 1 aromatic heterocycles. The number of piperidine rings is 1. The van der Waals surface area contributed by atoms with Crippen LogP contribution in [-0.2, 0) is 6.54 Å². The van der Waals surface area contributed by atoms with Gasteiger partial charge in [-0.3, -0.25) is 9.69 Å². The Bertz CT molecular complexity index is 501. The minimum Gasteiger partial charge on any atom is -0.347 e. The standard InChI is InChI=1S/C17H27ClN2O/c1-12-10-16(17(21)14(3)18)15(4)20(12)11-13(2)19-8-6-5-7-9-19/h10,13-14H,5-9,11H2,1-4H3. The molecule has 1 aliphatic heterocycles. The number of Topliss-reactive ketones (excluding diaryl/α,β-unsaturated/α-hetero) is 1. The zero-order valence-electron chi connectivity index (χ0n) is 13.7. The summed E-state index contributed by atoms with van der Waals surface area (Å²) in [6.45, 7) is 11.5. The second-order valence-electron chi connectivity index (χ2n) is 6.32. The van der Waals surface area contributed by atoms with E-state index in [0.29, 0.717) is 6.04 Å². The predicted octanol–water partition coefficient (Wildman–Crippen LogP) is 3.79. The largest absolute Gasteiger partial charge is 0.347 e. The van der Waals surface area contributed by atoms with E-state index in [9.17, 15) is 4.79 Å². The van der Waals surface area contributed by atoms with E-state index in [1.165, 1.54) is 32.4 Å². The van der Waals surface area contributed by atoms with Crippen molar-refractivity contribution in [2.75, 3.05) is 13.1 Å². The van der Waals surface area contributed by atoms with E-state index in [2.05, 4.69) is 23.3 Å². The molecule has 0 aromatic carbocycles. The highest BCUT2D eigenvalue weighted by molar-refractivity contribution is 6.33. The SMILES string of the molecule is Cc1cc(C(=O)C(C)Cl)c(C)n1CC(C)N1CCCCC1. The van der Waals surface area contributed by atoms with Crippen LogP contribution in [-0.4, -0.2) is 39.8 Å². The zero-order chi connectivity index (χ0) is 15.6. The van der Waals surface area contributed by atoms with Crippen molar-refractivity contribution in [2.24, 2.45) is 0 Å². The van der Waals surface area contributed by atoms with Gasteiger partial charge >= 0.3 is 0 Å². The molecule has 1 aromatic rings. The Kier molecular flexibility index (Phi) is 5.50. The second kappa shape index (κ2) is 6.97. The number of halogens is 1. The van der Waals surface area contributed by atoms with E-state index in [-0.39, 0.29) is 5.78 Å². The average molecular weight is 311 g/mol.